The molecule has 1 aliphatic rings. The van der Waals surface area contributed by atoms with E-state index in [2.05, 4.69) is 43.7 Å². The van der Waals surface area contributed by atoms with E-state index in [0.29, 0.717) is 12.6 Å². The molecule has 1 saturated heterocycles. The molecule has 1 fully saturated rings. The number of aromatic nitrogens is 3. The fourth-order valence-electron chi connectivity index (χ4n) is 3.04. The summed E-state index contributed by atoms with van der Waals surface area (Å²) in [4.78, 5) is 7.01. The zero-order chi connectivity index (χ0) is 18.5. The standard InChI is InChI=1S/C18H26ClN7.HI/c1-4-20-18(21-11-17-24-23-13(2)25(17)3)22-15-8-9-26(12-15)16-7-5-6-14(19)10-16;/h5-7,10,15H,4,8-9,11-12H2,1-3H3,(H2,20,21,22);1H. The summed E-state index contributed by atoms with van der Waals surface area (Å²) >= 11 is 6.11. The van der Waals surface area contributed by atoms with Crippen LogP contribution in [-0.2, 0) is 13.6 Å². The predicted molar refractivity (Wildman–Crippen MR) is 121 cm³/mol. The quantitative estimate of drug-likeness (QED) is 0.373. The van der Waals surface area contributed by atoms with Gasteiger partial charge in [0.25, 0.3) is 0 Å². The van der Waals surface area contributed by atoms with Gasteiger partial charge >= 0.3 is 0 Å². The van der Waals surface area contributed by atoms with Gasteiger partial charge in [-0.25, -0.2) is 4.99 Å². The molecule has 0 spiro atoms. The van der Waals surface area contributed by atoms with Crippen molar-refractivity contribution in [2.24, 2.45) is 12.0 Å². The number of halogens is 2. The van der Waals surface area contributed by atoms with Crippen molar-refractivity contribution in [1.29, 1.82) is 0 Å². The molecule has 0 amide bonds. The van der Waals surface area contributed by atoms with E-state index in [1.54, 1.807) is 0 Å². The van der Waals surface area contributed by atoms with Crippen LogP contribution < -0.4 is 15.5 Å². The molecule has 148 valence electrons. The molecule has 0 bridgehead atoms. The number of aryl methyl sites for hydroxylation is 1. The fraction of sp³-hybridized carbons (Fsp3) is 0.500. The number of anilines is 1. The number of hydrogen-bond acceptors (Lipinski definition) is 4. The van der Waals surface area contributed by atoms with E-state index in [4.69, 9.17) is 11.6 Å². The lowest BCUT2D eigenvalue weighted by Crippen LogP contribution is -2.44. The predicted octanol–water partition coefficient (Wildman–Crippen LogP) is 2.73. The first kappa shape index (κ1) is 21.7. The van der Waals surface area contributed by atoms with Crippen molar-refractivity contribution in [3.63, 3.8) is 0 Å². The number of nitrogens with one attached hydrogen (secondary N) is 2. The van der Waals surface area contributed by atoms with Crippen LogP contribution in [0.25, 0.3) is 0 Å². The molecule has 1 unspecified atom stereocenters. The molecule has 0 saturated carbocycles. The van der Waals surface area contributed by atoms with Crippen LogP contribution >= 0.6 is 35.6 Å². The van der Waals surface area contributed by atoms with Gasteiger partial charge in [-0.1, -0.05) is 17.7 Å². The van der Waals surface area contributed by atoms with Gasteiger partial charge in [0, 0.05) is 43.4 Å². The van der Waals surface area contributed by atoms with Gasteiger partial charge in [0.2, 0.25) is 0 Å². The van der Waals surface area contributed by atoms with E-state index in [9.17, 15) is 0 Å². The van der Waals surface area contributed by atoms with E-state index < -0.39 is 0 Å². The molecule has 2 aromatic rings. The molecule has 1 aliphatic heterocycles. The number of rotatable bonds is 5. The smallest absolute Gasteiger partial charge is 0.191 e. The Balaban J connectivity index is 0.00000261. The van der Waals surface area contributed by atoms with Crippen LogP contribution in [0.4, 0.5) is 5.69 Å². The van der Waals surface area contributed by atoms with Gasteiger partial charge in [-0.05, 0) is 38.5 Å². The van der Waals surface area contributed by atoms with Crippen molar-refractivity contribution in [3.05, 3.63) is 40.9 Å². The molecular formula is C18H27ClIN7. The third-order valence-corrected chi connectivity index (χ3v) is 4.84. The fourth-order valence-corrected chi connectivity index (χ4v) is 3.22. The minimum absolute atomic E-state index is 0. The summed E-state index contributed by atoms with van der Waals surface area (Å²) in [5, 5.41) is 15.9. The first-order valence-electron chi connectivity index (χ1n) is 8.97. The van der Waals surface area contributed by atoms with Crippen LogP contribution in [-0.4, -0.2) is 46.4 Å². The number of aliphatic imine (C=N–C) groups is 1. The topological polar surface area (TPSA) is 70.4 Å². The normalized spacial score (nSPS) is 17.0. The Morgan fingerprint density at radius 3 is 2.85 bits per heavy atom. The average Bonchev–Trinajstić information content (AvgIpc) is 3.21. The van der Waals surface area contributed by atoms with E-state index in [-0.39, 0.29) is 24.0 Å². The molecular weight excluding hydrogens is 477 g/mol. The summed E-state index contributed by atoms with van der Waals surface area (Å²) < 4.78 is 1.96. The highest BCUT2D eigenvalue weighted by atomic mass is 127. The maximum absolute atomic E-state index is 6.11. The van der Waals surface area contributed by atoms with Crippen molar-refractivity contribution >= 4 is 47.2 Å². The highest BCUT2D eigenvalue weighted by Gasteiger charge is 2.23. The van der Waals surface area contributed by atoms with Crippen LogP contribution in [0.1, 0.15) is 25.0 Å². The molecule has 1 aromatic carbocycles. The third kappa shape index (κ3) is 5.71. The second-order valence-electron chi connectivity index (χ2n) is 6.47. The molecule has 2 heterocycles. The Bertz CT molecular complexity index is 777. The van der Waals surface area contributed by atoms with Gasteiger partial charge in [0.05, 0.1) is 0 Å². The van der Waals surface area contributed by atoms with Crippen LogP contribution in [0.3, 0.4) is 0 Å². The van der Waals surface area contributed by atoms with Crippen molar-refractivity contribution in [3.8, 4) is 0 Å². The molecule has 27 heavy (non-hydrogen) atoms. The summed E-state index contributed by atoms with van der Waals surface area (Å²) in [7, 11) is 1.96. The highest BCUT2D eigenvalue weighted by Crippen LogP contribution is 2.23. The monoisotopic (exact) mass is 503 g/mol. The maximum atomic E-state index is 6.11. The largest absolute Gasteiger partial charge is 0.369 e. The lowest BCUT2D eigenvalue weighted by Gasteiger charge is -2.20. The Labute approximate surface area is 182 Å². The minimum atomic E-state index is 0. The second kappa shape index (κ2) is 10.1. The van der Waals surface area contributed by atoms with Crippen molar-refractivity contribution < 1.29 is 0 Å². The van der Waals surface area contributed by atoms with Crippen LogP contribution in [0, 0.1) is 6.92 Å². The Kier molecular flexibility index (Phi) is 8.15. The van der Waals surface area contributed by atoms with Crippen LogP contribution in [0.2, 0.25) is 5.02 Å². The number of benzene rings is 1. The summed E-state index contributed by atoms with van der Waals surface area (Å²) in [6.45, 7) is 7.24. The van der Waals surface area contributed by atoms with E-state index >= 15 is 0 Å². The molecule has 2 N–H and O–H groups in total. The van der Waals surface area contributed by atoms with Gasteiger partial charge < -0.3 is 20.1 Å². The van der Waals surface area contributed by atoms with Gasteiger partial charge in [-0.2, -0.15) is 0 Å². The molecule has 0 aliphatic carbocycles. The number of nitrogens with zero attached hydrogens (tertiary/aromatic N) is 5. The summed E-state index contributed by atoms with van der Waals surface area (Å²) in [5.74, 6) is 2.55. The first-order chi connectivity index (χ1) is 12.6. The van der Waals surface area contributed by atoms with Crippen LogP contribution in [0.15, 0.2) is 29.3 Å². The van der Waals surface area contributed by atoms with Crippen LogP contribution in [0.5, 0.6) is 0 Å². The van der Waals surface area contributed by atoms with E-state index in [1.807, 2.05) is 36.7 Å². The van der Waals surface area contributed by atoms with E-state index in [0.717, 1.165) is 48.7 Å². The van der Waals surface area contributed by atoms with Gasteiger partial charge in [0.1, 0.15) is 12.4 Å². The lowest BCUT2D eigenvalue weighted by atomic mass is 10.3. The third-order valence-electron chi connectivity index (χ3n) is 4.61. The molecule has 1 atom stereocenters. The molecule has 7 nitrogen and oxygen atoms in total. The Morgan fingerprint density at radius 2 is 2.19 bits per heavy atom. The van der Waals surface area contributed by atoms with Crippen molar-refractivity contribution in [2.45, 2.75) is 32.9 Å². The Hall–Kier alpha value is -1.55. The second-order valence-corrected chi connectivity index (χ2v) is 6.91. The number of guanidine groups is 1. The Morgan fingerprint density at radius 1 is 1.37 bits per heavy atom. The maximum Gasteiger partial charge on any atom is 0.191 e. The van der Waals surface area contributed by atoms with Gasteiger partial charge in [-0.3, -0.25) is 0 Å². The van der Waals surface area contributed by atoms with Crippen molar-refractivity contribution in [2.75, 3.05) is 24.5 Å². The minimum Gasteiger partial charge on any atom is -0.369 e. The highest BCUT2D eigenvalue weighted by molar-refractivity contribution is 14.0. The number of hydrogen-bond donors (Lipinski definition) is 2. The average molecular weight is 504 g/mol. The summed E-state index contributed by atoms with van der Waals surface area (Å²) in [5.41, 5.74) is 1.17. The summed E-state index contributed by atoms with van der Waals surface area (Å²) in [6.07, 6.45) is 1.06. The lowest BCUT2D eigenvalue weighted by molar-refractivity contribution is 0.646. The molecule has 0 radical (unpaired) electrons. The first-order valence-corrected chi connectivity index (χ1v) is 9.35. The van der Waals surface area contributed by atoms with Gasteiger partial charge in [-0.15, -0.1) is 34.2 Å². The molecule has 1 aromatic heterocycles. The zero-order valence-electron chi connectivity index (χ0n) is 15.9. The van der Waals surface area contributed by atoms with Gasteiger partial charge in [0.15, 0.2) is 11.8 Å². The van der Waals surface area contributed by atoms with Crippen molar-refractivity contribution in [1.82, 2.24) is 25.4 Å². The SMILES string of the molecule is CCNC(=NCc1nnc(C)n1C)NC1CCN(c2cccc(Cl)c2)C1.I. The van der Waals surface area contributed by atoms with E-state index in [1.165, 1.54) is 5.69 Å². The zero-order valence-corrected chi connectivity index (χ0v) is 19.0. The summed E-state index contributed by atoms with van der Waals surface area (Å²) in [6, 6.07) is 8.35. The molecule has 9 heteroatoms. The molecule has 3 rings (SSSR count).